The number of fused-ring (bicyclic) bond motifs is 1. The van der Waals surface area contributed by atoms with E-state index < -0.39 is 5.97 Å². The largest absolute Gasteiger partial charge is 0.468 e. The van der Waals surface area contributed by atoms with Crippen LogP contribution in [0.15, 0.2) is 39.5 Å². The number of carbonyl (C=O) groups excluding carboxylic acids is 1. The first-order chi connectivity index (χ1) is 13.5. The van der Waals surface area contributed by atoms with E-state index in [4.69, 9.17) is 4.74 Å². The zero-order valence-corrected chi connectivity index (χ0v) is 17.9. The lowest BCUT2D eigenvalue weighted by Crippen LogP contribution is -2.36. The number of anilines is 1. The number of ether oxygens (including phenoxy) is 1. The molecule has 3 heterocycles. The molecule has 0 amide bonds. The van der Waals surface area contributed by atoms with Gasteiger partial charge in [-0.15, -0.1) is 22.7 Å². The van der Waals surface area contributed by atoms with Gasteiger partial charge in [0.2, 0.25) is 0 Å². The molecule has 0 saturated heterocycles. The van der Waals surface area contributed by atoms with Gasteiger partial charge in [-0.3, -0.25) is 14.2 Å². The molecule has 0 unspecified atom stereocenters. The van der Waals surface area contributed by atoms with Crippen LogP contribution >= 0.6 is 34.4 Å². The molecule has 1 aliphatic heterocycles. The molecule has 3 aromatic rings. The Labute approximate surface area is 173 Å². The Balaban J connectivity index is 1.93. The van der Waals surface area contributed by atoms with Crippen LogP contribution < -0.4 is 19.7 Å². The first-order valence-corrected chi connectivity index (χ1v) is 10.9. The van der Waals surface area contributed by atoms with E-state index in [0.717, 1.165) is 20.6 Å². The zero-order valence-electron chi connectivity index (χ0n) is 15.5. The van der Waals surface area contributed by atoms with Crippen molar-refractivity contribution in [2.24, 2.45) is 0 Å². The van der Waals surface area contributed by atoms with Crippen LogP contribution in [0.5, 0.6) is 0 Å². The number of hydrogen-bond donors (Lipinski definition) is 0. The Morgan fingerprint density at radius 3 is 2.89 bits per heavy atom. The van der Waals surface area contributed by atoms with Crippen LogP contribution in [-0.4, -0.2) is 29.7 Å². The van der Waals surface area contributed by atoms with Gasteiger partial charge in [0.25, 0.3) is 5.56 Å². The lowest BCUT2D eigenvalue weighted by molar-refractivity contribution is -0.141. The lowest BCUT2D eigenvalue weighted by atomic mass is 10.2. The second-order valence-corrected chi connectivity index (χ2v) is 9.18. The molecule has 0 N–H and O–H groups in total. The maximum atomic E-state index is 13.2. The van der Waals surface area contributed by atoms with E-state index in [1.807, 2.05) is 23.4 Å². The monoisotopic (exact) mass is 431 g/mol. The summed E-state index contributed by atoms with van der Waals surface area (Å²) in [5.41, 5.74) is 2.05. The van der Waals surface area contributed by atoms with E-state index in [0.29, 0.717) is 9.20 Å². The van der Waals surface area contributed by atoms with E-state index in [2.05, 4.69) is 30.1 Å². The highest BCUT2D eigenvalue weighted by Crippen LogP contribution is 2.45. The van der Waals surface area contributed by atoms with E-state index in [9.17, 15) is 9.59 Å². The zero-order chi connectivity index (χ0) is 19.8. The molecular weight excluding hydrogens is 414 g/mol. The molecule has 1 aromatic carbocycles. The summed E-state index contributed by atoms with van der Waals surface area (Å²) in [5.74, 6) is -0.462. The molecule has 9 heteroatoms. The Hall–Kier alpha value is -2.36. The van der Waals surface area contributed by atoms with Gasteiger partial charge in [0.15, 0.2) is 0 Å². The molecule has 1 aliphatic rings. The normalized spacial score (nSPS) is 15.8. The van der Waals surface area contributed by atoms with Crippen LogP contribution in [0.3, 0.4) is 0 Å². The van der Waals surface area contributed by atoms with Crippen LogP contribution in [0.4, 0.5) is 5.69 Å². The summed E-state index contributed by atoms with van der Waals surface area (Å²) in [6.45, 7) is 1.92. The fourth-order valence-corrected chi connectivity index (χ4v) is 6.01. The summed E-state index contributed by atoms with van der Waals surface area (Å²) in [6, 6.07) is 6.24. The van der Waals surface area contributed by atoms with Crippen molar-refractivity contribution in [1.29, 1.82) is 0 Å². The summed E-state index contributed by atoms with van der Waals surface area (Å²) in [4.78, 5) is 32.5. The van der Waals surface area contributed by atoms with Crippen molar-refractivity contribution in [3.8, 4) is 0 Å². The number of benzene rings is 1. The van der Waals surface area contributed by atoms with Gasteiger partial charge in [0.05, 0.1) is 12.8 Å². The van der Waals surface area contributed by atoms with Crippen LogP contribution in [0, 0.1) is 6.92 Å². The number of hydrogen-bond acceptors (Lipinski definition) is 8. The fraction of sp³-hybridized carbons (Fsp3) is 0.211. The third-order valence-corrected chi connectivity index (χ3v) is 7.50. The highest BCUT2D eigenvalue weighted by atomic mass is 32.2. The van der Waals surface area contributed by atoms with Crippen LogP contribution in [0.2, 0.25) is 0 Å². The van der Waals surface area contributed by atoms with E-state index >= 15 is 0 Å². The van der Waals surface area contributed by atoms with Crippen LogP contribution in [0.1, 0.15) is 10.6 Å². The summed E-state index contributed by atoms with van der Waals surface area (Å²) in [6.07, 6.45) is 3.54. The van der Waals surface area contributed by atoms with E-state index in [1.54, 1.807) is 18.0 Å². The summed E-state index contributed by atoms with van der Waals surface area (Å²) >= 11 is 4.42. The van der Waals surface area contributed by atoms with Gasteiger partial charge in [0, 0.05) is 29.6 Å². The van der Waals surface area contributed by atoms with Crippen molar-refractivity contribution < 1.29 is 9.53 Å². The number of thiazole rings is 2. The van der Waals surface area contributed by atoms with Gasteiger partial charge in [0.1, 0.15) is 25.8 Å². The van der Waals surface area contributed by atoms with Gasteiger partial charge < -0.3 is 9.64 Å². The number of aromatic nitrogens is 2. The highest BCUT2D eigenvalue weighted by molar-refractivity contribution is 8.08. The molecule has 6 nitrogen and oxygen atoms in total. The number of aryl methyl sites for hydroxylation is 1. The number of thioether (sulfide) groups is 1. The molecule has 2 aromatic heterocycles. The Kier molecular flexibility index (Phi) is 5.13. The SMILES string of the molecule is COC(=O)Cn1c(=O)/c(=C2\Sc3cc(C)ccc3N2C)s/c1=C\c1nccs1. The van der Waals surface area contributed by atoms with E-state index in [1.165, 1.54) is 39.9 Å². The number of rotatable bonds is 3. The third kappa shape index (κ3) is 3.41. The first kappa shape index (κ1) is 19.0. The number of carbonyl (C=O) groups is 1. The minimum absolute atomic E-state index is 0.128. The van der Waals surface area contributed by atoms with Crippen LogP contribution in [0.25, 0.3) is 11.1 Å². The van der Waals surface area contributed by atoms with Crippen molar-refractivity contribution in [3.63, 3.8) is 0 Å². The molecule has 4 rings (SSSR count). The minimum atomic E-state index is -0.462. The highest BCUT2D eigenvalue weighted by Gasteiger charge is 2.25. The smallest absolute Gasteiger partial charge is 0.325 e. The molecule has 0 bridgehead atoms. The lowest BCUT2D eigenvalue weighted by Gasteiger charge is -2.12. The van der Waals surface area contributed by atoms with Gasteiger partial charge in [-0.2, -0.15) is 0 Å². The van der Waals surface area contributed by atoms with Gasteiger partial charge in [-0.05, 0) is 24.6 Å². The molecule has 0 fully saturated rings. The predicted octanol–water partition coefficient (Wildman–Crippen LogP) is 1.98. The second-order valence-electron chi connectivity index (χ2n) is 6.19. The molecule has 0 spiro atoms. The first-order valence-electron chi connectivity index (χ1n) is 8.42. The molecule has 28 heavy (non-hydrogen) atoms. The van der Waals surface area contributed by atoms with Crippen molar-refractivity contribution in [1.82, 2.24) is 9.55 Å². The minimum Gasteiger partial charge on any atom is -0.468 e. The molecule has 144 valence electrons. The second kappa shape index (κ2) is 7.57. The molecule has 0 radical (unpaired) electrons. The van der Waals surface area contributed by atoms with Crippen molar-refractivity contribution >= 4 is 57.2 Å². The number of methoxy groups -OCH3 is 1. The summed E-state index contributed by atoms with van der Waals surface area (Å²) < 4.78 is 7.52. The fourth-order valence-electron chi connectivity index (χ4n) is 2.88. The summed E-state index contributed by atoms with van der Waals surface area (Å²) in [7, 11) is 3.27. The van der Waals surface area contributed by atoms with Crippen molar-refractivity contribution in [3.05, 3.63) is 59.9 Å². The standard InChI is InChI=1S/C19H17N3O3S3/c1-11-4-5-12-13(8-11)27-19(21(12)2)17-18(24)22(10-16(23)25-3)15(28-17)9-14-20-6-7-26-14/h4-9H,10H2,1-3H3/b15-9-,19-17+. The van der Waals surface area contributed by atoms with Crippen molar-refractivity contribution in [2.45, 2.75) is 18.4 Å². The number of nitrogens with zero attached hydrogens (tertiary/aromatic N) is 3. The molecule has 0 saturated carbocycles. The molecule has 0 atom stereocenters. The third-order valence-electron chi connectivity index (χ3n) is 4.31. The predicted molar refractivity (Wildman–Crippen MR) is 114 cm³/mol. The topological polar surface area (TPSA) is 64.4 Å². The van der Waals surface area contributed by atoms with Crippen molar-refractivity contribution in [2.75, 3.05) is 19.1 Å². The average molecular weight is 432 g/mol. The quantitative estimate of drug-likeness (QED) is 0.591. The maximum absolute atomic E-state index is 13.2. The molecular formula is C19H17N3O3S3. The average Bonchev–Trinajstić information content (AvgIpc) is 3.37. The summed E-state index contributed by atoms with van der Waals surface area (Å²) in [5, 5.41) is 3.52. The Morgan fingerprint density at radius 2 is 2.18 bits per heavy atom. The van der Waals surface area contributed by atoms with Gasteiger partial charge in [-0.1, -0.05) is 17.8 Å². The maximum Gasteiger partial charge on any atom is 0.325 e. The number of esters is 1. The van der Waals surface area contributed by atoms with E-state index in [-0.39, 0.29) is 12.1 Å². The Morgan fingerprint density at radius 1 is 1.36 bits per heavy atom. The Bertz CT molecular complexity index is 1230. The van der Waals surface area contributed by atoms with Crippen LogP contribution in [-0.2, 0) is 16.1 Å². The molecule has 0 aliphatic carbocycles. The van der Waals surface area contributed by atoms with Gasteiger partial charge in [-0.25, -0.2) is 4.98 Å². The van der Waals surface area contributed by atoms with Gasteiger partial charge >= 0.3 is 5.97 Å².